The molecule has 0 heterocycles. The fourth-order valence-corrected chi connectivity index (χ4v) is 1.47. The van der Waals surface area contributed by atoms with Crippen LogP contribution in [0.4, 0.5) is 0 Å². The Morgan fingerprint density at radius 3 is 2.67 bits per heavy atom. The van der Waals surface area contributed by atoms with Crippen molar-refractivity contribution in [1.29, 1.82) is 0 Å². The molecule has 0 atom stereocenters. The number of likely N-dealkylation sites (N-methyl/N-ethyl adjacent to an activating group) is 1. The van der Waals surface area contributed by atoms with Crippen LogP contribution in [-0.4, -0.2) is 50.7 Å². The number of nitrogens with one attached hydrogen (secondary N) is 1. The van der Waals surface area contributed by atoms with Crippen molar-refractivity contribution < 1.29 is 9.53 Å². The van der Waals surface area contributed by atoms with Crippen LogP contribution < -0.4 is 5.32 Å². The first-order chi connectivity index (χ1) is 6.75. The molecule has 90 valence electrons. The molecule has 15 heavy (non-hydrogen) atoms. The van der Waals surface area contributed by atoms with E-state index in [-0.39, 0.29) is 18.3 Å². The number of rotatable bonds is 6. The highest BCUT2D eigenvalue weighted by molar-refractivity contribution is 5.85. The zero-order valence-electron chi connectivity index (χ0n) is 9.49. The highest BCUT2D eigenvalue weighted by Crippen LogP contribution is 2.23. The molecule has 0 aromatic carbocycles. The number of nitrogens with zero attached hydrogens (tertiary/aromatic N) is 1. The van der Waals surface area contributed by atoms with Gasteiger partial charge in [-0.1, -0.05) is 0 Å². The summed E-state index contributed by atoms with van der Waals surface area (Å²) >= 11 is 0. The van der Waals surface area contributed by atoms with Crippen molar-refractivity contribution in [3.63, 3.8) is 0 Å². The Kier molecular flexibility index (Phi) is 7.74. The molecule has 0 saturated heterocycles. The second kappa shape index (κ2) is 7.91. The number of halogens is 1. The maximum Gasteiger partial charge on any atom is 0.236 e. The molecule has 0 unspecified atom stereocenters. The molecule has 1 N–H and O–H groups in total. The van der Waals surface area contributed by atoms with E-state index < -0.39 is 0 Å². The molecular formula is C10H21ClN2O2. The summed E-state index contributed by atoms with van der Waals surface area (Å²) in [6.45, 7) is 1.82. The number of carbonyl (C=O) groups excluding carboxylic acids is 1. The van der Waals surface area contributed by atoms with Crippen LogP contribution in [0, 0.1) is 0 Å². The van der Waals surface area contributed by atoms with Crippen LogP contribution in [0.2, 0.25) is 0 Å². The maximum absolute atomic E-state index is 11.6. The van der Waals surface area contributed by atoms with Gasteiger partial charge in [-0.3, -0.25) is 4.79 Å². The Balaban J connectivity index is 0.00000196. The lowest BCUT2D eigenvalue weighted by molar-refractivity contribution is -0.132. The summed E-state index contributed by atoms with van der Waals surface area (Å²) in [6, 6.07) is 0.492. The molecule has 0 bridgehead atoms. The fourth-order valence-electron chi connectivity index (χ4n) is 1.47. The second-order valence-corrected chi connectivity index (χ2v) is 3.76. The van der Waals surface area contributed by atoms with Gasteiger partial charge in [-0.2, -0.15) is 0 Å². The average molecular weight is 237 g/mol. The van der Waals surface area contributed by atoms with E-state index in [0.717, 1.165) is 6.54 Å². The minimum Gasteiger partial charge on any atom is -0.383 e. The number of hydrogen-bond donors (Lipinski definition) is 1. The number of carbonyl (C=O) groups is 1. The van der Waals surface area contributed by atoms with Crippen molar-refractivity contribution in [1.82, 2.24) is 10.2 Å². The molecular weight excluding hydrogens is 216 g/mol. The summed E-state index contributed by atoms with van der Waals surface area (Å²) in [7, 11) is 3.55. The third kappa shape index (κ3) is 4.82. The van der Waals surface area contributed by atoms with Gasteiger partial charge in [0.15, 0.2) is 0 Å². The summed E-state index contributed by atoms with van der Waals surface area (Å²) in [4.78, 5) is 13.4. The molecule has 1 rings (SSSR count). The van der Waals surface area contributed by atoms with Crippen LogP contribution >= 0.6 is 12.4 Å². The standard InChI is InChI=1S/C10H20N2O2.ClH/c1-12(9-4-3-5-9)10(13)8-11-6-7-14-2;/h9,11H,3-8H2,1-2H3;1H. The summed E-state index contributed by atoms with van der Waals surface area (Å²) in [6.07, 6.45) is 3.60. The smallest absolute Gasteiger partial charge is 0.236 e. The van der Waals surface area contributed by atoms with Gasteiger partial charge in [-0.25, -0.2) is 0 Å². The Morgan fingerprint density at radius 2 is 2.20 bits per heavy atom. The summed E-state index contributed by atoms with van der Waals surface area (Å²) < 4.78 is 4.88. The molecule has 1 amide bonds. The van der Waals surface area contributed by atoms with Crippen molar-refractivity contribution in [2.45, 2.75) is 25.3 Å². The number of ether oxygens (including phenoxy) is 1. The zero-order valence-corrected chi connectivity index (χ0v) is 10.3. The fraction of sp³-hybridized carbons (Fsp3) is 0.900. The van der Waals surface area contributed by atoms with Crippen molar-refractivity contribution in [3.05, 3.63) is 0 Å². The van der Waals surface area contributed by atoms with E-state index in [0.29, 0.717) is 19.2 Å². The van der Waals surface area contributed by atoms with Gasteiger partial charge in [0.25, 0.3) is 0 Å². The average Bonchev–Trinajstić information content (AvgIpc) is 2.09. The van der Waals surface area contributed by atoms with Crippen molar-refractivity contribution in [3.8, 4) is 0 Å². The van der Waals surface area contributed by atoms with Crippen LogP contribution in [-0.2, 0) is 9.53 Å². The van der Waals surface area contributed by atoms with Crippen LogP contribution in [0.25, 0.3) is 0 Å². The minimum absolute atomic E-state index is 0. The van der Waals surface area contributed by atoms with Crippen LogP contribution in [0.3, 0.4) is 0 Å². The zero-order chi connectivity index (χ0) is 10.4. The van der Waals surface area contributed by atoms with Crippen LogP contribution in [0.1, 0.15) is 19.3 Å². The number of amides is 1. The number of hydrogen-bond acceptors (Lipinski definition) is 3. The van der Waals surface area contributed by atoms with E-state index in [1.165, 1.54) is 19.3 Å². The lowest BCUT2D eigenvalue weighted by Gasteiger charge is -2.34. The van der Waals surface area contributed by atoms with Crippen molar-refractivity contribution in [2.24, 2.45) is 0 Å². The van der Waals surface area contributed by atoms with Gasteiger partial charge in [0.1, 0.15) is 0 Å². The monoisotopic (exact) mass is 236 g/mol. The van der Waals surface area contributed by atoms with E-state index in [4.69, 9.17) is 4.74 Å². The van der Waals surface area contributed by atoms with Gasteiger partial charge >= 0.3 is 0 Å². The minimum atomic E-state index is 0. The van der Waals surface area contributed by atoms with Gasteiger partial charge < -0.3 is 15.0 Å². The third-order valence-electron chi connectivity index (χ3n) is 2.77. The highest BCUT2D eigenvalue weighted by atomic mass is 35.5. The first-order valence-electron chi connectivity index (χ1n) is 5.21. The molecule has 0 spiro atoms. The highest BCUT2D eigenvalue weighted by Gasteiger charge is 2.24. The van der Waals surface area contributed by atoms with Gasteiger partial charge in [0, 0.05) is 26.7 Å². The lowest BCUT2D eigenvalue weighted by atomic mass is 9.92. The topological polar surface area (TPSA) is 41.6 Å². The molecule has 5 heteroatoms. The molecule has 1 saturated carbocycles. The normalized spacial score (nSPS) is 15.3. The molecule has 0 radical (unpaired) electrons. The van der Waals surface area contributed by atoms with E-state index in [1.54, 1.807) is 7.11 Å². The lowest BCUT2D eigenvalue weighted by Crippen LogP contribution is -2.45. The van der Waals surface area contributed by atoms with E-state index in [2.05, 4.69) is 5.32 Å². The molecule has 1 aliphatic rings. The largest absolute Gasteiger partial charge is 0.383 e. The van der Waals surface area contributed by atoms with E-state index >= 15 is 0 Å². The molecule has 1 aliphatic carbocycles. The van der Waals surface area contributed by atoms with Crippen LogP contribution in [0.5, 0.6) is 0 Å². The van der Waals surface area contributed by atoms with E-state index in [1.807, 2.05) is 11.9 Å². The van der Waals surface area contributed by atoms with Crippen LogP contribution in [0.15, 0.2) is 0 Å². The van der Waals surface area contributed by atoms with Crippen molar-refractivity contribution >= 4 is 18.3 Å². The SMILES string of the molecule is COCCNCC(=O)N(C)C1CCC1.Cl. The Hall–Kier alpha value is -0.320. The van der Waals surface area contributed by atoms with Crippen molar-refractivity contribution in [2.75, 3.05) is 33.9 Å². The number of methoxy groups -OCH3 is 1. The first-order valence-corrected chi connectivity index (χ1v) is 5.21. The third-order valence-corrected chi connectivity index (χ3v) is 2.77. The van der Waals surface area contributed by atoms with Gasteiger partial charge in [-0.05, 0) is 19.3 Å². The quantitative estimate of drug-likeness (QED) is 0.689. The molecule has 1 fully saturated rings. The Labute approximate surface area is 97.8 Å². The van der Waals surface area contributed by atoms with Gasteiger partial charge in [-0.15, -0.1) is 12.4 Å². The predicted octanol–water partition coefficient (Wildman–Crippen LogP) is 0.655. The van der Waals surface area contributed by atoms with Gasteiger partial charge in [0.2, 0.25) is 5.91 Å². The summed E-state index contributed by atoms with van der Waals surface area (Å²) in [5, 5.41) is 3.05. The summed E-state index contributed by atoms with van der Waals surface area (Å²) in [5.74, 6) is 0.186. The Bertz CT molecular complexity index is 186. The first kappa shape index (κ1) is 14.7. The summed E-state index contributed by atoms with van der Waals surface area (Å²) in [5.41, 5.74) is 0. The Morgan fingerprint density at radius 1 is 1.53 bits per heavy atom. The van der Waals surface area contributed by atoms with E-state index in [9.17, 15) is 4.79 Å². The second-order valence-electron chi connectivity index (χ2n) is 3.76. The van der Waals surface area contributed by atoms with Gasteiger partial charge in [0.05, 0.1) is 13.2 Å². The molecule has 4 nitrogen and oxygen atoms in total. The molecule has 0 aliphatic heterocycles. The predicted molar refractivity (Wildman–Crippen MR) is 62.4 cm³/mol. The molecule has 0 aromatic heterocycles. The molecule has 0 aromatic rings. The maximum atomic E-state index is 11.6.